The zero-order chi connectivity index (χ0) is 16.0. The molecule has 0 saturated heterocycles. The molecule has 4 heteroatoms. The van der Waals surface area contributed by atoms with E-state index < -0.39 is 17.8 Å². The minimum atomic E-state index is -0.842. The van der Waals surface area contributed by atoms with Gasteiger partial charge >= 0.3 is 5.97 Å². The van der Waals surface area contributed by atoms with Crippen LogP contribution in [0.3, 0.4) is 0 Å². The van der Waals surface area contributed by atoms with E-state index in [0.717, 1.165) is 25.7 Å². The van der Waals surface area contributed by atoms with E-state index in [-0.39, 0.29) is 23.8 Å². The molecule has 3 aliphatic carbocycles. The largest absolute Gasteiger partial charge is 0.481 e. The summed E-state index contributed by atoms with van der Waals surface area (Å²) >= 11 is 0. The minimum Gasteiger partial charge on any atom is -0.481 e. The normalized spacial score (nSPS) is 34.2. The van der Waals surface area contributed by atoms with Gasteiger partial charge in [0.2, 0.25) is 5.91 Å². The number of hydrogen-bond acceptors (Lipinski definition) is 2. The van der Waals surface area contributed by atoms with Gasteiger partial charge in [-0.15, -0.1) is 0 Å². The van der Waals surface area contributed by atoms with Crippen molar-refractivity contribution >= 4 is 11.9 Å². The second-order valence-electron chi connectivity index (χ2n) is 6.99. The summed E-state index contributed by atoms with van der Waals surface area (Å²) in [4.78, 5) is 24.4. The molecule has 2 N–H and O–H groups in total. The molecule has 2 bridgehead atoms. The van der Waals surface area contributed by atoms with Crippen LogP contribution in [0.25, 0.3) is 0 Å². The lowest BCUT2D eigenvalue weighted by Gasteiger charge is -2.30. The maximum absolute atomic E-state index is 12.8. The molecule has 0 aromatic heterocycles. The van der Waals surface area contributed by atoms with Crippen LogP contribution in [0.15, 0.2) is 36.4 Å². The first-order valence-electron chi connectivity index (χ1n) is 8.44. The molecule has 0 heterocycles. The third-order valence-corrected chi connectivity index (χ3v) is 5.73. The van der Waals surface area contributed by atoms with E-state index in [0.29, 0.717) is 0 Å². The van der Waals surface area contributed by atoms with Crippen molar-refractivity contribution in [1.82, 2.24) is 5.32 Å². The number of hydrogen-bond donors (Lipinski definition) is 2. The van der Waals surface area contributed by atoms with Crippen molar-refractivity contribution in [3.8, 4) is 0 Å². The average molecular weight is 311 g/mol. The third-order valence-electron chi connectivity index (χ3n) is 5.73. The predicted octanol–water partition coefficient (Wildman–Crippen LogP) is 2.70. The molecule has 1 aromatic rings. The Labute approximate surface area is 135 Å². The molecular weight excluding hydrogens is 290 g/mol. The Bertz CT molecular complexity index is 681. The second-order valence-corrected chi connectivity index (χ2v) is 6.99. The lowest BCUT2D eigenvalue weighted by Crippen LogP contribution is -2.42. The van der Waals surface area contributed by atoms with Crippen LogP contribution in [-0.2, 0) is 16.0 Å². The molecule has 0 spiro atoms. The van der Waals surface area contributed by atoms with Gasteiger partial charge in [0.1, 0.15) is 0 Å². The number of allylic oxidation sites excluding steroid dienone is 2. The average Bonchev–Trinajstić information content (AvgIpc) is 3.16. The van der Waals surface area contributed by atoms with E-state index in [9.17, 15) is 14.7 Å². The fourth-order valence-corrected chi connectivity index (χ4v) is 4.69. The van der Waals surface area contributed by atoms with Crippen molar-refractivity contribution < 1.29 is 14.7 Å². The molecule has 1 aromatic carbocycles. The van der Waals surface area contributed by atoms with Crippen LogP contribution < -0.4 is 5.32 Å². The highest BCUT2D eigenvalue weighted by Crippen LogP contribution is 2.48. The molecule has 4 nitrogen and oxygen atoms in total. The number of fused-ring (bicyclic) bond motifs is 3. The quantitative estimate of drug-likeness (QED) is 0.844. The Hall–Kier alpha value is -2.10. The van der Waals surface area contributed by atoms with Gasteiger partial charge in [-0.3, -0.25) is 9.59 Å². The van der Waals surface area contributed by atoms with Crippen LogP contribution in [0.1, 0.15) is 36.4 Å². The van der Waals surface area contributed by atoms with Crippen molar-refractivity contribution in [3.63, 3.8) is 0 Å². The zero-order valence-electron chi connectivity index (χ0n) is 12.9. The van der Waals surface area contributed by atoms with E-state index >= 15 is 0 Å². The fraction of sp³-hybridized carbons (Fsp3) is 0.474. The molecule has 4 rings (SSSR count). The summed E-state index contributed by atoms with van der Waals surface area (Å²) in [5.41, 5.74) is 2.49. The minimum absolute atomic E-state index is 0.0185. The van der Waals surface area contributed by atoms with E-state index in [1.165, 1.54) is 11.1 Å². The number of carbonyl (C=O) groups is 2. The smallest absolute Gasteiger partial charge is 0.307 e. The SMILES string of the molecule is O=C(O)C1C2C=CC(C2)C1C(=O)NC1CCCc2ccccc21. The number of carboxylic acid groups (broad SMARTS) is 1. The van der Waals surface area contributed by atoms with Crippen LogP contribution in [-0.4, -0.2) is 17.0 Å². The molecule has 1 fully saturated rings. The van der Waals surface area contributed by atoms with Gasteiger partial charge in [0.05, 0.1) is 17.9 Å². The highest BCUT2D eigenvalue weighted by molar-refractivity contribution is 5.87. The molecule has 0 radical (unpaired) electrons. The summed E-state index contributed by atoms with van der Waals surface area (Å²) in [5, 5.41) is 12.7. The summed E-state index contributed by atoms with van der Waals surface area (Å²) in [6.07, 6.45) is 7.85. The Morgan fingerprint density at radius 3 is 2.61 bits per heavy atom. The van der Waals surface area contributed by atoms with Gasteiger partial charge in [-0.05, 0) is 48.6 Å². The molecule has 3 aliphatic rings. The Morgan fingerprint density at radius 1 is 1.09 bits per heavy atom. The van der Waals surface area contributed by atoms with Gasteiger partial charge < -0.3 is 10.4 Å². The molecule has 0 aliphatic heterocycles. The number of amides is 1. The first-order chi connectivity index (χ1) is 11.1. The molecular formula is C19H21NO3. The van der Waals surface area contributed by atoms with Crippen molar-refractivity contribution in [1.29, 1.82) is 0 Å². The predicted molar refractivity (Wildman–Crippen MR) is 85.6 cm³/mol. The zero-order valence-corrected chi connectivity index (χ0v) is 12.9. The van der Waals surface area contributed by atoms with Gasteiger partial charge in [-0.2, -0.15) is 0 Å². The number of benzene rings is 1. The standard InChI is InChI=1S/C19H21NO3/c21-18(16-12-8-9-13(10-12)17(16)19(22)23)20-15-7-3-5-11-4-1-2-6-14(11)15/h1-2,4,6,8-9,12-13,15-17H,3,5,7,10H2,(H,20,21)(H,22,23). The lowest BCUT2D eigenvalue weighted by atomic mass is 9.81. The monoisotopic (exact) mass is 311 g/mol. The highest BCUT2D eigenvalue weighted by atomic mass is 16.4. The van der Waals surface area contributed by atoms with Gasteiger partial charge in [0.15, 0.2) is 0 Å². The van der Waals surface area contributed by atoms with Crippen molar-refractivity contribution in [2.45, 2.75) is 31.7 Å². The van der Waals surface area contributed by atoms with Crippen molar-refractivity contribution in [2.75, 3.05) is 0 Å². The topological polar surface area (TPSA) is 66.4 Å². The van der Waals surface area contributed by atoms with Gasteiger partial charge in [0, 0.05) is 0 Å². The third kappa shape index (κ3) is 2.37. The fourth-order valence-electron chi connectivity index (χ4n) is 4.69. The summed E-state index contributed by atoms with van der Waals surface area (Å²) in [7, 11) is 0. The Kier molecular flexibility index (Phi) is 3.47. The second kappa shape index (κ2) is 5.52. The summed E-state index contributed by atoms with van der Waals surface area (Å²) < 4.78 is 0. The van der Waals surface area contributed by atoms with E-state index in [1.807, 2.05) is 24.3 Å². The molecule has 23 heavy (non-hydrogen) atoms. The van der Waals surface area contributed by atoms with Crippen LogP contribution in [0.5, 0.6) is 0 Å². The molecule has 1 saturated carbocycles. The van der Waals surface area contributed by atoms with Crippen LogP contribution >= 0.6 is 0 Å². The maximum atomic E-state index is 12.8. The first-order valence-corrected chi connectivity index (χ1v) is 8.44. The van der Waals surface area contributed by atoms with Gasteiger partial charge in [-0.25, -0.2) is 0 Å². The molecule has 5 unspecified atom stereocenters. The van der Waals surface area contributed by atoms with E-state index in [1.54, 1.807) is 0 Å². The number of carbonyl (C=O) groups excluding carboxylic acids is 1. The van der Waals surface area contributed by atoms with Gasteiger partial charge in [0.25, 0.3) is 0 Å². The van der Waals surface area contributed by atoms with Crippen molar-refractivity contribution in [3.05, 3.63) is 47.5 Å². The summed E-state index contributed by atoms with van der Waals surface area (Å²) in [6.45, 7) is 0. The summed E-state index contributed by atoms with van der Waals surface area (Å²) in [5.74, 6) is -1.81. The van der Waals surface area contributed by atoms with Gasteiger partial charge in [-0.1, -0.05) is 36.4 Å². The lowest BCUT2D eigenvalue weighted by molar-refractivity contribution is -0.148. The van der Waals surface area contributed by atoms with Crippen LogP contribution in [0, 0.1) is 23.7 Å². The van der Waals surface area contributed by atoms with Crippen LogP contribution in [0.2, 0.25) is 0 Å². The molecule has 1 amide bonds. The highest BCUT2D eigenvalue weighted by Gasteiger charge is 2.51. The summed E-state index contributed by atoms with van der Waals surface area (Å²) in [6, 6.07) is 8.25. The number of nitrogens with one attached hydrogen (secondary N) is 1. The first kappa shape index (κ1) is 14.5. The van der Waals surface area contributed by atoms with Crippen molar-refractivity contribution in [2.24, 2.45) is 23.7 Å². The number of aryl methyl sites for hydroxylation is 1. The molecule has 5 atom stereocenters. The maximum Gasteiger partial charge on any atom is 0.307 e. The van der Waals surface area contributed by atoms with E-state index in [4.69, 9.17) is 0 Å². The number of rotatable bonds is 3. The van der Waals surface area contributed by atoms with E-state index in [2.05, 4.69) is 17.4 Å². The number of carboxylic acids is 1. The Morgan fingerprint density at radius 2 is 1.83 bits per heavy atom. The molecule has 120 valence electrons. The Balaban J connectivity index is 1.55. The number of aliphatic carboxylic acids is 1. The van der Waals surface area contributed by atoms with Crippen LogP contribution in [0.4, 0.5) is 0 Å².